The third-order valence-electron chi connectivity index (χ3n) is 5.51. The second-order valence-electron chi connectivity index (χ2n) is 7.01. The van der Waals surface area contributed by atoms with E-state index in [1.165, 1.54) is 58.2 Å². The second-order valence-corrected chi connectivity index (χ2v) is 7.01. The van der Waals surface area contributed by atoms with Crippen molar-refractivity contribution in [3.63, 3.8) is 0 Å². The van der Waals surface area contributed by atoms with Crippen LogP contribution in [0.15, 0.2) is 0 Å². The van der Waals surface area contributed by atoms with Crippen LogP contribution in [0.2, 0.25) is 0 Å². The fraction of sp³-hybridized carbons (Fsp3) is 1.00. The summed E-state index contributed by atoms with van der Waals surface area (Å²) < 4.78 is 0. The summed E-state index contributed by atoms with van der Waals surface area (Å²) in [5.41, 5.74) is 6.35. The van der Waals surface area contributed by atoms with Gasteiger partial charge in [0.1, 0.15) is 0 Å². The van der Waals surface area contributed by atoms with Crippen LogP contribution in [-0.4, -0.2) is 55.6 Å². The zero-order valence-electron chi connectivity index (χ0n) is 13.1. The van der Waals surface area contributed by atoms with Crippen LogP contribution in [0.1, 0.15) is 45.4 Å². The number of likely N-dealkylation sites (tertiary alicyclic amines) is 1. The molecule has 3 heteroatoms. The fourth-order valence-electron chi connectivity index (χ4n) is 3.92. The SMILES string of the molecule is CCC1CCC(N)C(CN2CCC(N(C)C)CC2)C1. The molecular weight excluding hydrogens is 234 g/mol. The lowest BCUT2D eigenvalue weighted by Gasteiger charge is -2.40. The van der Waals surface area contributed by atoms with Crippen molar-refractivity contribution in [3.8, 4) is 0 Å². The van der Waals surface area contributed by atoms with Crippen molar-refractivity contribution in [2.24, 2.45) is 17.6 Å². The largest absolute Gasteiger partial charge is 0.327 e. The minimum absolute atomic E-state index is 0.453. The first-order valence-corrected chi connectivity index (χ1v) is 8.24. The Bertz CT molecular complexity index is 259. The van der Waals surface area contributed by atoms with Gasteiger partial charge in [0, 0.05) is 18.6 Å². The second kappa shape index (κ2) is 7.05. The van der Waals surface area contributed by atoms with Gasteiger partial charge in [0.15, 0.2) is 0 Å². The van der Waals surface area contributed by atoms with E-state index in [4.69, 9.17) is 5.73 Å². The Morgan fingerprint density at radius 2 is 1.79 bits per heavy atom. The molecule has 3 unspecified atom stereocenters. The van der Waals surface area contributed by atoms with Crippen LogP contribution in [0.3, 0.4) is 0 Å². The molecule has 2 N–H and O–H groups in total. The highest BCUT2D eigenvalue weighted by molar-refractivity contribution is 4.86. The maximum absolute atomic E-state index is 6.35. The van der Waals surface area contributed by atoms with Crippen LogP contribution in [0.4, 0.5) is 0 Å². The topological polar surface area (TPSA) is 32.5 Å². The standard InChI is InChI=1S/C16H33N3/c1-4-13-5-6-16(17)14(11-13)12-19-9-7-15(8-10-19)18(2)3/h13-16H,4-12,17H2,1-3H3. The van der Waals surface area contributed by atoms with Gasteiger partial charge in [-0.15, -0.1) is 0 Å². The molecule has 1 saturated heterocycles. The Morgan fingerprint density at radius 3 is 2.37 bits per heavy atom. The van der Waals surface area contributed by atoms with Gasteiger partial charge in [0.05, 0.1) is 0 Å². The molecular formula is C16H33N3. The summed E-state index contributed by atoms with van der Waals surface area (Å²) in [4.78, 5) is 5.05. The van der Waals surface area contributed by atoms with Gasteiger partial charge in [-0.25, -0.2) is 0 Å². The normalized spacial score (nSPS) is 34.9. The number of hydrogen-bond acceptors (Lipinski definition) is 3. The van der Waals surface area contributed by atoms with E-state index < -0.39 is 0 Å². The minimum Gasteiger partial charge on any atom is -0.327 e. The summed E-state index contributed by atoms with van der Waals surface area (Å²) in [7, 11) is 4.42. The van der Waals surface area contributed by atoms with Crippen LogP contribution in [-0.2, 0) is 0 Å². The molecule has 2 aliphatic rings. The summed E-state index contributed by atoms with van der Waals surface area (Å²) in [5, 5.41) is 0. The number of hydrogen-bond donors (Lipinski definition) is 1. The van der Waals surface area contributed by atoms with E-state index in [9.17, 15) is 0 Å². The molecule has 3 atom stereocenters. The molecule has 0 spiro atoms. The fourth-order valence-corrected chi connectivity index (χ4v) is 3.92. The van der Waals surface area contributed by atoms with Crippen LogP contribution >= 0.6 is 0 Å². The summed E-state index contributed by atoms with van der Waals surface area (Å²) in [6, 6.07) is 1.24. The van der Waals surface area contributed by atoms with Crippen LogP contribution in [0.5, 0.6) is 0 Å². The van der Waals surface area contributed by atoms with Crippen molar-refractivity contribution in [3.05, 3.63) is 0 Å². The van der Waals surface area contributed by atoms with Crippen molar-refractivity contribution in [2.75, 3.05) is 33.7 Å². The molecule has 112 valence electrons. The van der Waals surface area contributed by atoms with Gasteiger partial charge in [0.25, 0.3) is 0 Å². The third-order valence-corrected chi connectivity index (χ3v) is 5.51. The zero-order chi connectivity index (χ0) is 13.8. The van der Waals surface area contributed by atoms with Crippen LogP contribution in [0.25, 0.3) is 0 Å². The van der Waals surface area contributed by atoms with Gasteiger partial charge < -0.3 is 15.5 Å². The first-order chi connectivity index (χ1) is 9.10. The molecule has 1 aliphatic heterocycles. The molecule has 19 heavy (non-hydrogen) atoms. The Balaban J connectivity index is 1.78. The molecule has 0 aromatic rings. The lowest BCUT2D eigenvalue weighted by Crippen LogP contribution is -2.47. The highest BCUT2D eigenvalue weighted by atomic mass is 15.2. The quantitative estimate of drug-likeness (QED) is 0.847. The lowest BCUT2D eigenvalue weighted by molar-refractivity contribution is 0.104. The van der Waals surface area contributed by atoms with E-state index >= 15 is 0 Å². The van der Waals surface area contributed by atoms with E-state index in [-0.39, 0.29) is 0 Å². The van der Waals surface area contributed by atoms with E-state index in [0.717, 1.165) is 17.9 Å². The molecule has 0 amide bonds. The average molecular weight is 267 g/mol. The lowest BCUT2D eigenvalue weighted by atomic mass is 9.77. The van der Waals surface area contributed by atoms with E-state index in [2.05, 4.69) is 30.8 Å². The van der Waals surface area contributed by atoms with Crippen molar-refractivity contribution in [1.82, 2.24) is 9.80 Å². The van der Waals surface area contributed by atoms with Crippen molar-refractivity contribution < 1.29 is 0 Å². The van der Waals surface area contributed by atoms with E-state index in [1.807, 2.05) is 0 Å². The third kappa shape index (κ3) is 4.17. The molecule has 2 fully saturated rings. The molecule has 1 aliphatic carbocycles. The van der Waals surface area contributed by atoms with Crippen LogP contribution < -0.4 is 5.73 Å². The molecule has 1 saturated carbocycles. The first kappa shape index (κ1) is 15.3. The summed E-state index contributed by atoms with van der Waals surface area (Å²) >= 11 is 0. The molecule has 1 heterocycles. The number of nitrogens with two attached hydrogens (primary N) is 1. The molecule has 0 bridgehead atoms. The van der Waals surface area contributed by atoms with Crippen molar-refractivity contribution in [1.29, 1.82) is 0 Å². The molecule has 0 aromatic heterocycles. The van der Waals surface area contributed by atoms with Gasteiger partial charge >= 0.3 is 0 Å². The number of piperidine rings is 1. The minimum atomic E-state index is 0.453. The smallest absolute Gasteiger partial charge is 0.0113 e. The Kier molecular flexibility index (Phi) is 5.67. The van der Waals surface area contributed by atoms with Crippen molar-refractivity contribution >= 4 is 0 Å². The van der Waals surface area contributed by atoms with Gasteiger partial charge in [0.2, 0.25) is 0 Å². The molecule has 0 aromatic carbocycles. The van der Waals surface area contributed by atoms with Gasteiger partial charge in [-0.2, -0.15) is 0 Å². The highest BCUT2D eigenvalue weighted by Gasteiger charge is 2.30. The molecule has 2 rings (SSSR count). The first-order valence-electron chi connectivity index (χ1n) is 8.24. The highest BCUT2D eigenvalue weighted by Crippen LogP contribution is 2.31. The molecule has 3 nitrogen and oxygen atoms in total. The van der Waals surface area contributed by atoms with Gasteiger partial charge in [-0.05, 0) is 71.1 Å². The summed E-state index contributed by atoms with van der Waals surface area (Å²) in [6.07, 6.45) is 7.96. The Hall–Kier alpha value is -0.120. The number of nitrogens with zero attached hydrogens (tertiary/aromatic N) is 2. The average Bonchev–Trinajstić information content (AvgIpc) is 2.42. The maximum atomic E-state index is 6.35. The number of rotatable bonds is 4. The van der Waals surface area contributed by atoms with Gasteiger partial charge in [-0.3, -0.25) is 0 Å². The predicted octanol–water partition coefficient (Wildman–Crippen LogP) is 2.17. The van der Waals surface area contributed by atoms with E-state index in [0.29, 0.717) is 6.04 Å². The van der Waals surface area contributed by atoms with Crippen molar-refractivity contribution in [2.45, 2.75) is 57.5 Å². The monoisotopic (exact) mass is 267 g/mol. The Labute approximate surface area is 119 Å². The molecule has 0 radical (unpaired) electrons. The Morgan fingerprint density at radius 1 is 1.11 bits per heavy atom. The summed E-state index contributed by atoms with van der Waals surface area (Å²) in [6.45, 7) is 6.12. The van der Waals surface area contributed by atoms with Gasteiger partial charge in [-0.1, -0.05) is 13.3 Å². The van der Waals surface area contributed by atoms with E-state index in [1.54, 1.807) is 0 Å². The van der Waals surface area contributed by atoms with Crippen LogP contribution in [0, 0.1) is 11.8 Å². The predicted molar refractivity (Wildman–Crippen MR) is 82.2 cm³/mol. The summed E-state index contributed by atoms with van der Waals surface area (Å²) in [5.74, 6) is 1.68. The maximum Gasteiger partial charge on any atom is 0.0113 e. The zero-order valence-corrected chi connectivity index (χ0v) is 13.1.